The number of nitrogens with zero attached hydrogens (tertiary/aromatic N) is 1. The van der Waals surface area contributed by atoms with Gasteiger partial charge in [0, 0.05) is 12.6 Å². The fourth-order valence-electron chi connectivity index (χ4n) is 2.46. The summed E-state index contributed by atoms with van der Waals surface area (Å²) in [7, 11) is 0. The number of fused-ring (bicyclic) bond motifs is 2. The van der Waals surface area contributed by atoms with Gasteiger partial charge in [-0.25, -0.2) is 0 Å². The summed E-state index contributed by atoms with van der Waals surface area (Å²) in [5.74, 6) is 0.917. The number of carbonyl (C=O) groups is 1. The summed E-state index contributed by atoms with van der Waals surface area (Å²) in [6.45, 7) is 2.74. The molecule has 1 aliphatic carbocycles. The Bertz CT molecular complexity index is 203. The molecule has 2 fully saturated rings. The van der Waals surface area contributed by atoms with Gasteiger partial charge in [0.1, 0.15) is 0 Å². The number of carbonyl (C=O) groups excluding carboxylic acids is 1. The van der Waals surface area contributed by atoms with Gasteiger partial charge in [-0.2, -0.15) is 0 Å². The Hall–Kier alpha value is -0.570. The van der Waals surface area contributed by atoms with Gasteiger partial charge in [0.25, 0.3) is 0 Å². The number of nitrogens with two attached hydrogens (primary N) is 1. The van der Waals surface area contributed by atoms with Crippen molar-refractivity contribution in [2.24, 2.45) is 11.7 Å². The molecule has 3 heteroatoms. The van der Waals surface area contributed by atoms with Gasteiger partial charge in [0.15, 0.2) is 0 Å². The molecule has 1 saturated heterocycles. The van der Waals surface area contributed by atoms with Gasteiger partial charge in [-0.3, -0.25) is 4.79 Å². The second kappa shape index (κ2) is 2.73. The highest BCUT2D eigenvalue weighted by atomic mass is 16.2. The Morgan fingerprint density at radius 2 is 2.33 bits per heavy atom. The molecule has 2 rings (SSSR count). The van der Waals surface area contributed by atoms with Crippen molar-refractivity contribution in [1.82, 2.24) is 4.90 Å². The number of piperidine rings is 1. The van der Waals surface area contributed by atoms with E-state index in [-0.39, 0.29) is 11.9 Å². The molecular weight excluding hydrogens is 152 g/mol. The SMILES string of the molecule is C[C@H](N)C(=O)N1CC2CCC1C2. The first-order valence-electron chi connectivity index (χ1n) is 4.74. The maximum atomic E-state index is 11.5. The molecule has 1 aliphatic heterocycles. The maximum absolute atomic E-state index is 11.5. The summed E-state index contributed by atoms with van der Waals surface area (Å²) in [4.78, 5) is 13.5. The van der Waals surface area contributed by atoms with E-state index in [2.05, 4.69) is 0 Å². The second-order valence-corrected chi connectivity index (χ2v) is 4.11. The van der Waals surface area contributed by atoms with E-state index in [1.807, 2.05) is 4.90 Å². The van der Waals surface area contributed by atoms with Crippen LogP contribution in [0.4, 0.5) is 0 Å². The highest BCUT2D eigenvalue weighted by Gasteiger charge is 2.40. The van der Waals surface area contributed by atoms with E-state index in [0.717, 1.165) is 12.5 Å². The lowest BCUT2D eigenvalue weighted by atomic mass is 10.1. The van der Waals surface area contributed by atoms with Gasteiger partial charge in [0.2, 0.25) is 5.91 Å². The number of amides is 1. The van der Waals surface area contributed by atoms with Crippen molar-refractivity contribution >= 4 is 5.91 Å². The van der Waals surface area contributed by atoms with Gasteiger partial charge in [0.05, 0.1) is 6.04 Å². The average molecular weight is 168 g/mol. The third-order valence-electron chi connectivity index (χ3n) is 3.08. The highest BCUT2D eigenvalue weighted by molar-refractivity contribution is 5.81. The van der Waals surface area contributed by atoms with E-state index in [0.29, 0.717) is 6.04 Å². The highest BCUT2D eigenvalue weighted by Crippen LogP contribution is 2.37. The van der Waals surface area contributed by atoms with Crippen molar-refractivity contribution < 1.29 is 4.79 Å². The first-order chi connectivity index (χ1) is 5.68. The van der Waals surface area contributed by atoms with Crippen LogP contribution >= 0.6 is 0 Å². The van der Waals surface area contributed by atoms with Crippen molar-refractivity contribution in [3.8, 4) is 0 Å². The summed E-state index contributed by atoms with van der Waals surface area (Å²) in [5.41, 5.74) is 5.56. The third-order valence-corrected chi connectivity index (χ3v) is 3.08. The number of rotatable bonds is 1. The first-order valence-corrected chi connectivity index (χ1v) is 4.74. The molecule has 2 N–H and O–H groups in total. The number of hydrogen-bond acceptors (Lipinski definition) is 2. The number of hydrogen-bond donors (Lipinski definition) is 1. The van der Waals surface area contributed by atoms with E-state index in [4.69, 9.17) is 5.73 Å². The Morgan fingerprint density at radius 3 is 2.75 bits per heavy atom. The molecule has 2 unspecified atom stereocenters. The Labute approximate surface area is 72.9 Å². The third kappa shape index (κ3) is 1.12. The van der Waals surface area contributed by atoms with Crippen molar-refractivity contribution in [3.63, 3.8) is 0 Å². The van der Waals surface area contributed by atoms with Crippen LogP contribution in [0.5, 0.6) is 0 Å². The topological polar surface area (TPSA) is 46.3 Å². The molecule has 2 aliphatic rings. The predicted molar refractivity (Wildman–Crippen MR) is 46.5 cm³/mol. The summed E-state index contributed by atoms with van der Waals surface area (Å²) < 4.78 is 0. The smallest absolute Gasteiger partial charge is 0.239 e. The molecule has 1 saturated carbocycles. The summed E-state index contributed by atoms with van der Waals surface area (Å²) in [6, 6.07) is 0.206. The monoisotopic (exact) mass is 168 g/mol. The van der Waals surface area contributed by atoms with Gasteiger partial charge < -0.3 is 10.6 Å². The molecule has 1 heterocycles. The zero-order valence-corrected chi connectivity index (χ0v) is 7.49. The van der Waals surface area contributed by atoms with Gasteiger partial charge in [-0.1, -0.05) is 0 Å². The molecule has 0 aromatic rings. The lowest BCUT2D eigenvalue weighted by Gasteiger charge is -2.28. The lowest BCUT2D eigenvalue weighted by Crippen LogP contribution is -2.45. The second-order valence-electron chi connectivity index (χ2n) is 4.11. The first kappa shape index (κ1) is 8.05. The lowest BCUT2D eigenvalue weighted by molar-refractivity contribution is -0.133. The molecule has 68 valence electrons. The molecular formula is C9H16N2O. The quantitative estimate of drug-likeness (QED) is 0.614. The Kier molecular flexibility index (Phi) is 1.83. The largest absolute Gasteiger partial charge is 0.338 e. The fraction of sp³-hybridized carbons (Fsp3) is 0.889. The van der Waals surface area contributed by atoms with Crippen LogP contribution in [0.1, 0.15) is 26.2 Å². The molecule has 2 bridgehead atoms. The standard InChI is InChI=1S/C9H16N2O/c1-6(10)9(12)11-5-7-2-3-8(11)4-7/h6-8H,2-5,10H2,1H3/t6-,7?,8?/m0/s1. The summed E-state index contributed by atoms with van der Waals surface area (Å²) >= 11 is 0. The maximum Gasteiger partial charge on any atom is 0.239 e. The molecule has 3 nitrogen and oxygen atoms in total. The van der Waals surface area contributed by atoms with Gasteiger partial charge in [-0.15, -0.1) is 0 Å². The Balaban J connectivity index is 2.02. The normalized spacial score (nSPS) is 35.7. The zero-order valence-electron chi connectivity index (χ0n) is 7.49. The van der Waals surface area contributed by atoms with Crippen molar-refractivity contribution in [3.05, 3.63) is 0 Å². The number of likely N-dealkylation sites (tertiary alicyclic amines) is 1. The van der Waals surface area contributed by atoms with Crippen molar-refractivity contribution in [2.45, 2.75) is 38.3 Å². The molecule has 0 aromatic heterocycles. The minimum absolute atomic E-state index is 0.141. The van der Waals surface area contributed by atoms with E-state index in [1.165, 1.54) is 19.3 Å². The Morgan fingerprint density at radius 1 is 1.58 bits per heavy atom. The minimum atomic E-state index is -0.315. The molecule has 0 radical (unpaired) electrons. The van der Waals surface area contributed by atoms with E-state index in [9.17, 15) is 4.79 Å². The molecule has 3 atom stereocenters. The molecule has 0 aromatic carbocycles. The average Bonchev–Trinajstić information content (AvgIpc) is 2.62. The molecule has 0 spiro atoms. The van der Waals surface area contributed by atoms with E-state index < -0.39 is 0 Å². The van der Waals surface area contributed by atoms with Crippen LogP contribution in [-0.2, 0) is 4.79 Å². The summed E-state index contributed by atoms with van der Waals surface area (Å²) in [6.07, 6.45) is 3.73. The zero-order chi connectivity index (χ0) is 8.72. The van der Waals surface area contributed by atoms with E-state index in [1.54, 1.807) is 6.92 Å². The van der Waals surface area contributed by atoms with Crippen LogP contribution in [0.3, 0.4) is 0 Å². The fourth-order valence-corrected chi connectivity index (χ4v) is 2.46. The summed E-state index contributed by atoms with van der Waals surface area (Å²) in [5, 5.41) is 0. The minimum Gasteiger partial charge on any atom is -0.338 e. The van der Waals surface area contributed by atoms with Crippen LogP contribution in [0.15, 0.2) is 0 Å². The van der Waals surface area contributed by atoms with Crippen LogP contribution in [-0.4, -0.2) is 29.4 Å². The molecule has 1 amide bonds. The van der Waals surface area contributed by atoms with Crippen LogP contribution < -0.4 is 5.73 Å². The predicted octanol–water partition coefficient (Wildman–Crippen LogP) is 0.345. The van der Waals surface area contributed by atoms with Crippen molar-refractivity contribution in [1.29, 1.82) is 0 Å². The van der Waals surface area contributed by atoms with Gasteiger partial charge in [-0.05, 0) is 32.1 Å². The van der Waals surface area contributed by atoms with Gasteiger partial charge >= 0.3 is 0 Å². The van der Waals surface area contributed by atoms with Crippen LogP contribution in [0.2, 0.25) is 0 Å². The van der Waals surface area contributed by atoms with Crippen LogP contribution in [0, 0.1) is 5.92 Å². The molecule has 12 heavy (non-hydrogen) atoms. The van der Waals surface area contributed by atoms with E-state index >= 15 is 0 Å². The van der Waals surface area contributed by atoms with Crippen LogP contribution in [0.25, 0.3) is 0 Å². The van der Waals surface area contributed by atoms with Crippen molar-refractivity contribution in [2.75, 3.05) is 6.54 Å².